The van der Waals surface area contributed by atoms with Crippen molar-refractivity contribution in [3.8, 4) is 0 Å². The van der Waals surface area contributed by atoms with Crippen molar-refractivity contribution in [2.24, 2.45) is 0 Å². The smallest absolute Gasteiger partial charge is 0.660 e. The number of hydrogen-bond donors (Lipinski definition) is 0. The van der Waals surface area contributed by atoms with Gasteiger partial charge in [0.15, 0.2) is 0 Å². The third-order valence-electron chi connectivity index (χ3n) is 1.28. The summed E-state index contributed by atoms with van der Waals surface area (Å²) in [7, 11) is 2.13. The molecular weight excluding hydrogens is 284 g/mol. The predicted octanol–water partition coefficient (Wildman–Crippen LogP) is 0.753. The molecule has 0 bridgehead atoms. The van der Waals surface area contributed by atoms with Crippen molar-refractivity contribution in [1.82, 2.24) is 4.90 Å². The van der Waals surface area contributed by atoms with Crippen LogP contribution < -0.4 is 0 Å². The van der Waals surface area contributed by atoms with Gasteiger partial charge in [-0.1, -0.05) is 0 Å². The number of likely N-dealkylation sites (N-methyl/N-ethyl adjacent to an activating group) is 1. The molecule has 2 nitrogen and oxygen atoms in total. The first kappa shape index (κ1) is 12.3. The molecule has 1 saturated heterocycles. The van der Waals surface area contributed by atoms with Crippen molar-refractivity contribution in [2.45, 2.75) is 0 Å². The summed E-state index contributed by atoms with van der Waals surface area (Å²) in [6.07, 6.45) is 0. The topological polar surface area (TPSA) is 17.3 Å². The zero-order valence-corrected chi connectivity index (χ0v) is 9.06. The molecular formula is C6H14N2W. The number of nitrogens with zero attached hydrogens (tertiary/aromatic N) is 2. The van der Waals surface area contributed by atoms with Crippen molar-refractivity contribution in [3.63, 3.8) is 0 Å². The predicted molar refractivity (Wildman–Crippen MR) is 37.0 cm³/mol. The molecule has 0 aromatic rings. The van der Waals surface area contributed by atoms with Crippen LogP contribution in [0.15, 0.2) is 0 Å². The van der Waals surface area contributed by atoms with E-state index in [-0.39, 0.29) is 28.5 Å². The summed E-state index contributed by atoms with van der Waals surface area (Å²) in [6, 6.07) is 0. The molecule has 0 N–H and O–H groups in total. The van der Waals surface area contributed by atoms with Gasteiger partial charge in [0.05, 0.1) is 0 Å². The summed E-state index contributed by atoms with van der Waals surface area (Å²) in [4.78, 5) is 2.30. The Hall–Kier alpha value is 0.608. The van der Waals surface area contributed by atoms with Gasteiger partial charge in [-0.2, -0.15) is 0 Å². The van der Waals surface area contributed by atoms with E-state index in [0.29, 0.717) is 0 Å². The Morgan fingerprint density at radius 3 is 1.89 bits per heavy atom. The van der Waals surface area contributed by atoms with Gasteiger partial charge in [0.25, 0.3) is 0 Å². The first-order chi connectivity index (χ1) is 3.39. The summed E-state index contributed by atoms with van der Waals surface area (Å²) in [5, 5.41) is 4.19. The van der Waals surface area contributed by atoms with Crippen LogP contribution in [-0.2, 0) is 21.1 Å². The first-order valence-electron chi connectivity index (χ1n) is 2.71. The van der Waals surface area contributed by atoms with Gasteiger partial charge in [-0.05, 0) is 20.1 Å². The maximum atomic E-state index is 4.19. The molecule has 3 heteroatoms. The van der Waals surface area contributed by atoms with Gasteiger partial charge in [0, 0.05) is 0 Å². The standard InChI is InChI=1S/C5H11N2.CH3.W/c1-7-4-2-6-3-5-7;;/h2-5H2,1H3;1H3;/q2*-1;+2. The van der Waals surface area contributed by atoms with E-state index in [1.807, 2.05) is 0 Å². The fraction of sp³-hybridized carbons (Fsp3) is 0.833. The molecule has 0 saturated carbocycles. The molecule has 0 amide bonds. The number of hydrogen-bond acceptors (Lipinski definition) is 1. The van der Waals surface area contributed by atoms with E-state index in [4.69, 9.17) is 0 Å². The van der Waals surface area contributed by atoms with Crippen molar-refractivity contribution in [1.29, 1.82) is 0 Å². The molecule has 1 fully saturated rings. The van der Waals surface area contributed by atoms with Crippen LogP contribution in [-0.4, -0.2) is 38.1 Å². The normalized spacial score (nSPS) is 19.7. The Labute approximate surface area is 72.3 Å². The van der Waals surface area contributed by atoms with E-state index in [0.717, 1.165) is 26.2 Å². The second kappa shape index (κ2) is 6.72. The minimum Gasteiger partial charge on any atom is -0.660 e. The van der Waals surface area contributed by atoms with E-state index < -0.39 is 0 Å². The molecule has 0 aromatic heterocycles. The fourth-order valence-electron chi connectivity index (χ4n) is 0.706. The largest absolute Gasteiger partial charge is 2.00 e. The summed E-state index contributed by atoms with van der Waals surface area (Å²) < 4.78 is 0. The van der Waals surface area contributed by atoms with Crippen LogP contribution in [0.3, 0.4) is 0 Å². The van der Waals surface area contributed by atoms with E-state index in [9.17, 15) is 0 Å². The van der Waals surface area contributed by atoms with Crippen molar-refractivity contribution < 1.29 is 21.1 Å². The summed E-state index contributed by atoms with van der Waals surface area (Å²) in [5.74, 6) is 0. The van der Waals surface area contributed by atoms with Crippen LogP contribution in [0.25, 0.3) is 5.32 Å². The Morgan fingerprint density at radius 1 is 1.22 bits per heavy atom. The van der Waals surface area contributed by atoms with Gasteiger partial charge in [-0.15, -0.1) is 13.1 Å². The Bertz CT molecular complexity index is 53.0. The zero-order valence-electron chi connectivity index (χ0n) is 6.13. The maximum Gasteiger partial charge on any atom is 2.00 e. The van der Waals surface area contributed by atoms with Gasteiger partial charge >= 0.3 is 21.1 Å². The molecule has 0 unspecified atom stereocenters. The van der Waals surface area contributed by atoms with Crippen molar-refractivity contribution in [3.05, 3.63) is 12.7 Å². The van der Waals surface area contributed by atoms with E-state index >= 15 is 0 Å². The van der Waals surface area contributed by atoms with Crippen molar-refractivity contribution >= 4 is 0 Å². The van der Waals surface area contributed by atoms with E-state index in [1.165, 1.54) is 0 Å². The Balaban J connectivity index is 0. The molecule has 0 spiro atoms. The van der Waals surface area contributed by atoms with Gasteiger partial charge in [-0.3, -0.25) is 0 Å². The molecule has 1 aliphatic heterocycles. The van der Waals surface area contributed by atoms with Crippen LogP contribution in [0.1, 0.15) is 0 Å². The summed E-state index contributed by atoms with van der Waals surface area (Å²) >= 11 is 0. The maximum absolute atomic E-state index is 4.19. The fourth-order valence-corrected chi connectivity index (χ4v) is 0.706. The van der Waals surface area contributed by atoms with Gasteiger partial charge in [0.1, 0.15) is 0 Å². The molecule has 9 heavy (non-hydrogen) atoms. The quantitative estimate of drug-likeness (QED) is 0.603. The third-order valence-corrected chi connectivity index (χ3v) is 1.28. The van der Waals surface area contributed by atoms with Gasteiger partial charge in [-0.25, -0.2) is 0 Å². The minimum absolute atomic E-state index is 0. The molecule has 1 rings (SSSR count). The third kappa shape index (κ3) is 5.07. The van der Waals surface area contributed by atoms with Crippen LogP contribution in [0.4, 0.5) is 0 Å². The SMILES string of the molecule is CN1CC[N-]CC1.[CH3-].[W+2]. The molecule has 0 aliphatic carbocycles. The minimum atomic E-state index is 0. The molecule has 1 heterocycles. The Morgan fingerprint density at radius 2 is 1.67 bits per heavy atom. The monoisotopic (exact) mass is 298 g/mol. The van der Waals surface area contributed by atoms with Crippen LogP contribution >= 0.6 is 0 Å². The average Bonchev–Trinajstić information content (AvgIpc) is 1.69. The second-order valence-corrected chi connectivity index (χ2v) is 1.97. The second-order valence-electron chi connectivity index (χ2n) is 1.97. The van der Waals surface area contributed by atoms with Gasteiger partial charge in [0.2, 0.25) is 0 Å². The molecule has 0 aromatic carbocycles. The number of rotatable bonds is 0. The molecule has 0 atom stereocenters. The van der Waals surface area contributed by atoms with Crippen molar-refractivity contribution in [2.75, 3.05) is 33.2 Å². The molecule has 54 valence electrons. The zero-order chi connectivity index (χ0) is 5.11. The molecule has 0 radical (unpaired) electrons. The van der Waals surface area contributed by atoms with E-state index in [1.54, 1.807) is 0 Å². The van der Waals surface area contributed by atoms with Crippen LogP contribution in [0.5, 0.6) is 0 Å². The summed E-state index contributed by atoms with van der Waals surface area (Å²) in [6.45, 7) is 4.38. The van der Waals surface area contributed by atoms with Gasteiger partial charge < -0.3 is 17.6 Å². The summed E-state index contributed by atoms with van der Waals surface area (Å²) in [5.41, 5.74) is 0. The average molecular weight is 298 g/mol. The first-order valence-corrected chi connectivity index (χ1v) is 2.71. The molecule has 1 aliphatic rings. The Kier molecular flexibility index (Phi) is 9.19. The number of piperazine rings is 1. The van der Waals surface area contributed by atoms with Crippen LogP contribution in [0.2, 0.25) is 0 Å². The van der Waals surface area contributed by atoms with E-state index in [2.05, 4.69) is 17.3 Å². The van der Waals surface area contributed by atoms with Crippen LogP contribution in [0, 0.1) is 7.43 Å².